The van der Waals surface area contributed by atoms with Gasteiger partial charge in [-0.3, -0.25) is 4.79 Å². The molecule has 25 heavy (non-hydrogen) atoms. The Balaban J connectivity index is 1.96. The van der Waals surface area contributed by atoms with E-state index in [1.807, 2.05) is 11.8 Å². The van der Waals surface area contributed by atoms with Crippen LogP contribution in [-0.4, -0.2) is 22.4 Å². The van der Waals surface area contributed by atoms with E-state index in [4.69, 9.17) is 11.6 Å². The second-order valence-corrected chi connectivity index (χ2v) is 6.71. The van der Waals surface area contributed by atoms with Crippen LogP contribution < -0.4 is 10.2 Å². The SMILES string of the molecule is CCc1ncnc(NC(C)c2cccc3c2N(C(C)=O)CCC3)c1Cl. The number of hydrogen-bond donors (Lipinski definition) is 1. The van der Waals surface area contributed by atoms with Crippen molar-refractivity contribution in [2.75, 3.05) is 16.8 Å². The zero-order valence-corrected chi connectivity index (χ0v) is 15.6. The minimum atomic E-state index is -0.0352. The highest BCUT2D eigenvalue weighted by atomic mass is 35.5. The van der Waals surface area contributed by atoms with Crippen LogP contribution in [0.5, 0.6) is 0 Å². The molecule has 1 aromatic heterocycles. The van der Waals surface area contributed by atoms with Crippen molar-refractivity contribution in [3.8, 4) is 0 Å². The first-order valence-corrected chi connectivity index (χ1v) is 9.06. The van der Waals surface area contributed by atoms with Crippen LogP contribution in [0.2, 0.25) is 5.02 Å². The molecule has 1 N–H and O–H groups in total. The molecule has 0 radical (unpaired) electrons. The highest BCUT2D eigenvalue weighted by Crippen LogP contribution is 2.36. The Labute approximate surface area is 153 Å². The maximum atomic E-state index is 12.1. The number of hydrogen-bond acceptors (Lipinski definition) is 4. The van der Waals surface area contributed by atoms with Gasteiger partial charge >= 0.3 is 0 Å². The second-order valence-electron chi connectivity index (χ2n) is 6.33. The zero-order valence-electron chi connectivity index (χ0n) is 14.8. The number of nitrogens with one attached hydrogen (secondary N) is 1. The molecule has 5 nitrogen and oxygen atoms in total. The van der Waals surface area contributed by atoms with Crippen LogP contribution in [0.4, 0.5) is 11.5 Å². The summed E-state index contributed by atoms with van der Waals surface area (Å²) in [6.07, 6.45) is 4.27. The Kier molecular flexibility index (Phi) is 5.23. The van der Waals surface area contributed by atoms with Crippen LogP contribution in [0.15, 0.2) is 24.5 Å². The van der Waals surface area contributed by atoms with Crippen molar-refractivity contribution in [3.05, 3.63) is 46.4 Å². The van der Waals surface area contributed by atoms with Crippen molar-refractivity contribution in [1.82, 2.24) is 9.97 Å². The fraction of sp³-hybridized carbons (Fsp3) is 0.421. The molecule has 0 spiro atoms. The number of para-hydroxylation sites is 1. The first-order chi connectivity index (χ1) is 12.0. The van der Waals surface area contributed by atoms with Crippen molar-refractivity contribution in [1.29, 1.82) is 0 Å². The number of anilines is 2. The van der Waals surface area contributed by atoms with Gasteiger partial charge in [-0.25, -0.2) is 9.97 Å². The minimum absolute atomic E-state index is 0.0352. The lowest BCUT2D eigenvalue weighted by Crippen LogP contribution is -2.35. The predicted molar refractivity (Wildman–Crippen MR) is 101 cm³/mol. The molecule has 1 amide bonds. The van der Waals surface area contributed by atoms with Crippen molar-refractivity contribution < 1.29 is 4.79 Å². The number of aromatic nitrogens is 2. The number of amides is 1. The van der Waals surface area contributed by atoms with E-state index in [0.29, 0.717) is 10.8 Å². The largest absolute Gasteiger partial charge is 0.362 e. The predicted octanol–water partition coefficient (Wildman–Crippen LogP) is 4.16. The summed E-state index contributed by atoms with van der Waals surface area (Å²) in [7, 11) is 0. The fourth-order valence-corrected chi connectivity index (χ4v) is 3.67. The molecule has 0 bridgehead atoms. The topological polar surface area (TPSA) is 58.1 Å². The van der Waals surface area contributed by atoms with Crippen LogP contribution in [0.1, 0.15) is 50.1 Å². The third-order valence-electron chi connectivity index (χ3n) is 4.64. The molecule has 0 aliphatic carbocycles. The molecule has 1 atom stereocenters. The van der Waals surface area contributed by atoms with Gasteiger partial charge in [0, 0.05) is 13.5 Å². The van der Waals surface area contributed by atoms with Gasteiger partial charge < -0.3 is 10.2 Å². The second kappa shape index (κ2) is 7.40. The Morgan fingerprint density at radius 2 is 2.20 bits per heavy atom. The molecule has 132 valence electrons. The molecule has 1 aromatic carbocycles. The summed E-state index contributed by atoms with van der Waals surface area (Å²) in [4.78, 5) is 22.5. The maximum absolute atomic E-state index is 12.1. The average molecular weight is 359 g/mol. The monoisotopic (exact) mass is 358 g/mol. The zero-order chi connectivity index (χ0) is 18.0. The van der Waals surface area contributed by atoms with Gasteiger partial charge in [0.05, 0.1) is 17.4 Å². The van der Waals surface area contributed by atoms with E-state index in [0.717, 1.165) is 42.8 Å². The Hall–Kier alpha value is -2.14. The van der Waals surface area contributed by atoms with Gasteiger partial charge in [-0.1, -0.05) is 36.7 Å². The van der Waals surface area contributed by atoms with Crippen LogP contribution in [0.3, 0.4) is 0 Å². The summed E-state index contributed by atoms with van der Waals surface area (Å²) in [5.41, 5.74) is 4.16. The van der Waals surface area contributed by atoms with Gasteiger partial charge in [-0.2, -0.15) is 0 Å². The van der Waals surface area contributed by atoms with Gasteiger partial charge in [0.25, 0.3) is 0 Å². The molecule has 1 aliphatic rings. The van der Waals surface area contributed by atoms with E-state index in [-0.39, 0.29) is 11.9 Å². The molecule has 0 fully saturated rings. The van der Waals surface area contributed by atoms with Crippen molar-refractivity contribution in [2.24, 2.45) is 0 Å². The quantitative estimate of drug-likeness (QED) is 0.891. The first-order valence-electron chi connectivity index (χ1n) is 8.68. The number of aryl methyl sites for hydroxylation is 2. The van der Waals surface area contributed by atoms with Gasteiger partial charge in [-0.15, -0.1) is 0 Å². The molecular formula is C19H23ClN4O. The first kappa shape index (κ1) is 17.7. The van der Waals surface area contributed by atoms with Crippen LogP contribution in [-0.2, 0) is 17.6 Å². The Morgan fingerprint density at radius 3 is 2.92 bits per heavy atom. The lowest BCUT2D eigenvalue weighted by atomic mass is 9.94. The number of benzene rings is 1. The number of carbonyl (C=O) groups is 1. The highest BCUT2D eigenvalue weighted by Gasteiger charge is 2.25. The van der Waals surface area contributed by atoms with E-state index in [1.165, 1.54) is 11.9 Å². The number of rotatable bonds is 4. The van der Waals surface area contributed by atoms with Crippen molar-refractivity contribution in [2.45, 2.75) is 46.1 Å². The number of carbonyl (C=O) groups excluding carboxylic acids is 1. The molecule has 2 aromatic rings. The third-order valence-corrected chi connectivity index (χ3v) is 5.04. The summed E-state index contributed by atoms with van der Waals surface area (Å²) >= 11 is 6.41. The smallest absolute Gasteiger partial charge is 0.223 e. The molecule has 2 heterocycles. The summed E-state index contributed by atoms with van der Waals surface area (Å²) in [5, 5.41) is 3.95. The van der Waals surface area contributed by atoms with Gasteiger partial charge in [0.1, 0.15) is 17.2 Å². The summed E-state index contributed by atoms with van der Waals surface area (Å²) in [6.45, 7) is 6.46. The Morgan fingerprint density at radius 1 is 1.40 bits per heavy atom. The van der Waals surface area contributed by atoms with E-state index >= 15 is 0 Å². The molecule has 3 rings (SSSR count). The van der Waals surface area contributed by atoms with Gasteiger partial charge in [-0.05, 0) is 37.3 Å². The summed E-state index contributed by atoms with van der Waals surface area (Å²) in [5.74, 6) is 0.706. The summed E-state index contributed by atoms with van der Waals surface area (Å²) < 4.78 is 0. The van der Waals surface area contributed by atoms with Crippen LogP contribution in [0, 0.1) is 0 Å². The normalized spacial score (nSPS) is 14.8. The fourth-order valence-electron chi connectivity index (χ4n) is 3.38. The molecule has 0 saturated heterocycles. The molecule has 6 heteroatoms. The highest BCUT2D eigenvalue weighted by molar-refractivity contribution is 6.33. The standard InChI is InChI=1S/C19H23ClN4O/c1-4-16-17(20)19(22-11-21-16)23-12(2)15-9-5-7-14-8-6-10-24(13(3)25)18(14)15/h5,7,9,11-12H,4,6,8,10H2,1-3H3,(H,21,22,23). The number of nitrogens with zero attached hydrogens (tertiary/aromatic N) is 3. The van der Waals surface area contributed by atoms with E-state index in [2.05, 4.69) is 40.4 Å². The van der Waals surface area contributed by atoms with Gasteiger partial charge in [0.2, 0.25) is 5.91 Å². The van der Waals surface area contributed by atoms with Crippen LogP contribution >= 0.6 is 11.6 Å². The maximum Gasteiger partial charge on any atom is 0.223 e. The molecular weight excluding hydrogens is 336 g/mol. The number of fused-ring (bicyclic) bond motifs is 1. The summed E-state index contributed by atoms with van der Waals surface area (Å²) in [6, 6.07) is 6.18. The lowest BCUT2D eigenvalue weighted by molar-refractivity contribution is -0.116. The lowest BCUT2D eigenvalue weighted by Gasteiger charge is -2.32. The van der Waals surface area contributed by atoms with Crippen LogP contribution in [0.25, 0.3) is 0 Å². The van der Waals surface area contributed by atoms with E-state index < -0.39 is 0 Å². The Bertz CT molecular complexity index is 793. The minimum Gasteiger partial charge on any atom is -0.362 e. The van der Waals surface area contributed by atoms with Gasteiger partial charge in [0.15, 0.2) is 0 Å². The van der Waals surface area contributed by atoms with Crippen molar-refractivity contribution in [3.63, 3.8) is 0 Å². The molecule has 1 unspecified atom stereocenters. The van der Waals surface area contributed by atoms with E-state index in [9.17, 15) is 4.79 Å². The van der Waals surface area contributed by atoms with Crippen molar-refractivity contribution >= 4 is 29.0 Å². The average Bonchev–Trinajstić information content (AvgIpc) is 2.62. The molecule has 1 aliphatic heterocycles. The molecule has 0 saturated carbocycles. The van der Waals surface area contributed by atoms with E-state index in [1.54, 1.807) is 6.92 Å². The number of halogens is 1. The third kappa shape index (κ3) is 3.47.